The number of aryl methyl sites for hydroxylation is 3. The number of fused-ring (bicyclic) bond motifs is 1. The summed E-state index contributed by atoms with van der Waals surface area (Å²) in [7, 11) is -3.94. The van der Waals surface area contributed by atoms with Crippen LogP contribution in [-0.2, 0) is 10.0 Å². The predicted molar refractivity (Wildman–Crippen MR) is 129 cm³/mol. The number of sulfonamides is 1. The standard InChI is InChI=1S/C23H19ClN4O5S/c1-12-8-20-17(10-18(12)24)19(29)11-21(33-20)22(30)27-15-4-6-16(7-5-15)34(31,32)28-23-25-13(2)9-14(3)26-23/h4-11H,1-3H3,(H,27,30)(H,25,26,28). The highest BCUT2D eigenvalue weighted by molar-refractivity contribution is 7.92. The molecular weight excluding hydrogens is 480 g/mol. The Morgan fingerprint density at radius 3 is 2.26 bits per heavy atom. The summed E-state index contributed by atoms with van der Waals surface area (Å²) in [6.07, 6.45) is 0. The summed E-state index contributed by atoms with van der Waals surface area (Å²) in [6, 6.07) is 11.4. The van der Waals surface area contributed by atoms with Crippen LogP contribution in [0, 0.1) is 20.8 Å². The molecule has 11 heteroatoms. The lowest BCUT2D eigenvalue weighted by Crippen LogP contribution is -2.17. The first-order chi connectivity index (χ1) is 16.0. The zero-order chi connectivity index (χ0) is 24.6. The van der Waals surface area contributed by atoms with E-state index in [9.17, 15) is 18.0 Å². The first kappa shape index (κ1) is 23.4. The number of rotatable bonds is 5. The Hall–Kier alpha value is -3.76. The summed E-state index contributed by atoms with van der Waals surface area (Å²) in [4.78, 5) is 33.1. The number of carbonyl (C=O) groups excluding carboxylic acids is 1. The molecule has 0 unspecified atom stereocenters. The molecule has 34 heavy (non-hydrogen) atoms. The molecular formula is C23H19ClN4O5S. The van der Waals surface area contributed by atoms with Crippen LogP contribution in [0.4, 0.5) is 11.6 Å². The van der Waals surface area contributed by atoms with Crippen LogP contribution in [0.15, 0.2) is 62.6 Å². The summed E-state index contributed by atoms with van der Waals surface area (Å²) in [5.74, 6) is -0.883. The minimum Gasteiger partial charge on any atom is -0.451 e. The van der Waals surface area contributed by atoms with E-state index >= 15 is 0 Å². The lowest BCUT2D eigenvalue weighted by molar-refractivity contribution is 0.0997. The van der Waals surface area contributed by atoms with E-state index in [4.69, 9.17) is 16.0 Å². The molecule has 0 spiro atoms. The van der Waals surface area contributed by atoms with Crippen molar-refractivity contribution in [1.29, 1.82) is 0 Å². The van der Waals surface area contributed by atoms with E-state index in [0.717, 1.165) is 6.07 Å². The van der Waals surface area contributed by atoms with E-state index in [0.29, 0.717) is 27.7 Å². The highest BCUT2D eigenvalue weighted by Crippen LogP contribution is 2.23. The van der Waals surface area contributed by atoms with E-state index in [-0.39, 0.29) is 27.6 Å². The zero-order valence-electron chi connectivity index (χ0n) is 18.3. The van der Waals surface area contributed by atoms with Gasteiger partial charge in [0.2, 0.25) is 5.95 Å². The predicted octanol–water partition coefficient (Wildman–Crippen LogP) is 4.21. The normalized spacial score (nSPS) is 11.4. The average molecular weight is 499 g/mol. The van der Waals surface area contributed by atoms with Gasteiger partial charge in [-0.3, -0.25) is 9.59 Å². The van der Waals surface area contributed by atoms with Gasteiger partial charge in [-0.05, 0) is 68.8 Å². The Morgan fingerprint density at radius 2 is 1.62 bits per heavy atom. The van der Waals surface area contributed by atoms with Crippen LogP contribution in [0.2, 0.25) is 5.02 Å². The molecule has 0 atom stereocenters. The topological polar surface area (TPSA) is 131 Å². The number of anilines is 2. The number of halogens is 1. The first-order valence-corrected chi connectivity index (χ1v) is 11.9. The third kappa shape index (κ3) is 4.92. The van der Waals surface area contributed by atoms with Crippen LogP contribution in [0.3, 0.4) is 0 Å². The summed E-state index contributed by atoms with van der Waals surface area (Å²) in [5, 5.41) is 3.27. The Kier molecular flexibility index (Phi) is 6.11. The first-order valence-electron chi connectivity index (χ1n) is 10.0. The minimum absolute atomic E-state index is 0.0299. The van der Waals surface area contributed by atoms with E-state index in [1.807, 2.05) is 0 Å². The number of nitrogens with one attached hydrogen (secondary N) is 2. The van der Waals surface area contributed by atoms with Gasteiger partial charge in [0.1, 0.15) is 5.58 Å². The maximum absolute atomic E-state index is 12.7. The van der Waals surface area contributed by atoms with Crippen molar-refractivity contribution in [2.24, 2.45) is 0 Å². The fraction of sp³-hybridized carbons (Fsp3) is 0.130. The Labute approximate surface area is 199 Å². The Balaban J connectivity index is 1.54. The molecule has 0 aliphatic rings. The molecule has 4 rings (SSSR count). The maximum atomic E-state index is 12.7. The molecule has 0 bridgehead atoms. The number of aromatic nitrogens is 2. The second kappa shape index (κ2) is 8.88. The summed E-state index contributed by atoms with van der Waals surface area (Å²) in [5.41, 5.74) is 2.09. The molecule has 2 N–H and O–H groups in total. The third-order valence-corrected chi connectivity index (χ3v) is 6.61. The SMILES string of the molecule is Cc1cc(C)nc(NS(=O)(=O)c2ccc(NC(=O)c3cc(=O)c4cc(Cl)c(C)cc4o3)cc2)n1. The van der Waals surface area contributed by atoms with Crippen molar-refractivity contribution in [1.82, 2.24) is 9.97 Å². The maximum Gasteiger partial charge on any atom is 0.291 e. The lowest BCUT2D eigenvalue weighted by atomic mass is 10.1. The van der Waals surface area contributed by atoms with Crippen LogP contribution in [-0.4, -0.2) is 24.3 Å². The Bertz CT molecular complexity index is 1580. The quantitative estimate of drug-likeness (QED) is 0.421. The third-order valence-electron chi connectivity index (χ3n) is 4.86. The molecule has 174 valence electrons. The molecule has 9 nitrogen and oxygen atoms in total. The molecule has 1 amide bonds. The molecule has 0 aliphatic carbocycles. The monoisotopic (exact) mass is 498 g/mol. The molecule has 0 saturated carbocycles. The van der Waals surface area contributed by atoms with E-state index in [1.165, 1.54) is 30.3 Å². The summed E-state index contributed by atoms with van der Waals surface area (Å²) >= 11 is 6.06. The Morgan fingerprint density at radius 1 is 0.971 bits per heavy atom. The van der Waals surface area contributed by atoms with Gasteiger partial charge in [0.05, 0.1) is 10.3 Å². The zero-order valence-corrected chi connectivity index (χ0v) is 19.9. The van der Waals surface area contributed by atoms with E-state index in [1.54, 1.807) is 32.9 Å². The van der Waals surface area contributed by atoms with Crippen molar-refractivity contribution >= 4 is 50.1 Å². The van der Waals surface area contributed by atoms with Gasteiger partial charge in [0.25, 0.3) is 15.9 Å². The van der Waals surface area contributed by atoms with Crippen molar-refractivity contribution < 1.29 is 17.6 Å². The fourth-order valence-electron chi connectivity index (χ4n) is 3.25. The van der Waals surface area contributed by atoms with Crippen LogP contribution in [0.1, 0.15) is 27.5 Å². The van der Waals surface area contributed by atoms with Crippen LogP contribution < -0.4 is 15.5 Å². The highest BCUT2D eigenvalue weighted by atomic mass is 35.5. The summed E-state index contributed by atoms with van der Waals surface area (Å²) in [6.45, 7) is 5.22. The number of hydrogen-bond donors (Lipinski definition) is 2. The summed E-state index contributed by atoms with van der Waals surface area (Å²) < 4.78 is 33.2. The van der Waals surface area contributed by atoms with Crippen molar-refractivity contribution in [2.75, 3.05) is 10.0 Å². The minimum atomic E-state index is -3.94. The van der Waals surface area contributed by atoms with E-state index in [2.05, 4.69) is 20.0 Å². The van der Waals surface area contributed by atoms with Crippen molar-refractivity contribution in [2.45, 2.75) is 25.7 Å². The van der Waals surface area contributed by atoms with Crippen LogP contribution >= 0.6 is 11.6 Å². The number of carbonyl (C=O) groups is 1. The molecule has 2 heterocycles. The molecule has 0 radical (unpaired) electrons. The van der Waals surface area contributed by atoms with Gasteiger partial charge in [0, 0.05) is 28.2 Å². The van der Waals surface area contributed by atoms with Crippen LogP contribution in [0.25, 0.3) is 11.0 Å². The van der Waals surface area contributed by atoms with Gasteiger partial charge < -0.3 is 9.73 Å². The number of amides is 1. The number of hydrogen-bond acceptors (Lipinski definition) is 7. The van der Waals surface area contributed by atoms with Gasteiger partial charge in [-0.1, -0.05) is 11.6 Å². The smallest absolute Gasteiger partial charge is 0.291 e. The molecule has 2 aromatic carbocycles. The second-order valence-corrected chi connectivity index (χ2v) is 9.72. The molecule has 0 aliphatic heterocycles. The highest BCUT2D eigenvalue weighted by Gasteiger charge is 2.18. The second-order valence-electron chi connectivity index (χ2n) is 7.63. The van der Waals surface area contributed by atoms with E-state index < -0.39 is 21.4 Å². The number of benzene rings is 2. The molecule has 2 aromatic heterocycles. The van der Waals surface area contributed by atoms with Gasteiger partial charge in [-0.2, -0.15) is 0 Å². The van der Waals surface area contributed by atoms with Gasteiger partial charge in [-0.25, -0.2) is 23.1 Å². The van der Waals surface area contributed by atoms with Crippen molar-refractivity contribution in [3.8, 4) is 0 Å². The van der Waals surface area contributed by atoms with Crippen molar-refractivity contribution in [3.63, 3.8) is 0 Å². The van der Waals surface area contributed by atoms with Gasteiger partial charge in [0.15, 0.2) is 11.2 Å². The molecule has 4 aromatic rings. The lowest BCUT2D eigenvalue weighted by Gasteiger charge is -2.09. The van der Waals surface area contributed by atoms with Gasteiger partial charge >= 0.3 is 0 Å². The fourth-order valence-corrected chi connectivity index (χ4v) is 4.36. The molecule has 0 saturated heterocycles. The average Bonchev–Trinajstić information content (AvgIpc) is 2.74. The number of nitrogens with zero attached hydrogens (tertiary/aromatic N) is 2. The van der Waals surface area contributed by atoms with Gasteiger partial charge in [-0.15, -0.1) is 0 Å². The molecule has 0 fully saturated rings. The van der Waals surface area contributed by atoms with Crippen molar-refractivity contribution in [3.05, 3.63) is 86.5 Å². The van der Waals surface area contributed by atoms with Crippen LogP contribution in [0.5, 0.6) is 0 Å². The largest absolute Gasteiger partial charge is 0.451 e.